The van der Waals surface area contributed by atoms with Crippen molar-refractivity contribution in [2.24, 2.45) is 0 Å². The van der Waals surface area contributed by atoms with E-state index in [2.05, 4.69) is 4.90 Å². The number of nitrogens with zero attached hydrogens (tertiary/aromatic N) is 1. The Morgan fingerprint density at radius 3 is 2.35 bits per heavy atom. The van der Waals surface area contributed by atoms with Crippen LogP contribution in [0.5, 0.6) is 5.75 Å². The molecule has 0 aliphatic carbocycles. The second-order valence-electron chi connectivity index (χ2n) is 5.51. The summed E-state index contributed by atoms with van der Waals surface area (Å²) in [5.41, 5.74) is 0.982. The molecule has 0 radical (unpaired) electrons. The van der Waals surface area contributed by atoms with E-state index >= 15 is 0 Å². The molecule has 3 rings (SSSR count). The number of hydrogen-bond donors (Lipinski definition) is 0. The third-order valence-electron chi connectivity index (χ3n) is 3.88. The second-order valence-corrected chi connectivity index (χ2v) is 5.51. The molecule has 2 aromatic rings. The molecule has 0 unspecified atom stereocenters. The summed E-state index contributed by atoms with van der Waals surface area (Å²) in [6.45, 7) is 3.52. The van der Waals surface area contributed by atoms with E-state index in [1.165, 1.54) is 24.3 Å². The lowest BCUT2D eigenvalue weighted by Gasteiger charge is -2.33. The van der Waals surface area contributed by atoms with E-state index in [4.69, 9.17) is 9.47 Å². The maximum atomic E-state index is 13.0. The van der Waals surface area contributed by atoms with E-state index in [0.717, 1.165) is 25.2 Å². The van der Waals surface area contributed by atoms with E-state index in [9.17, 15) is 8.78 Å². The zero-order chi connectivity index (χ0) is 16.1. The van der Waals surface area contributed by atoms with Crippen molar-refractivity contribution >= 4 is 0 Å². The fourth-order valence-electron chi connectivity index (χ4n) is 2.61. The van der Waals surface area contributed by atoms with Crippen molar-refractivity contribution in [1.29, 1.82) is 0 Å². The van der Waals surface area contributed by atoms with Crippen molar-refractivity contribution < 1.29 is 18.3 Å². The van der Waals surface area contributed by atoms with E-state index in [1.807, 2.05) is 0 Å². The summed E-state index contributed by atoms with van der Waals surface area (Å²) in [6, 6.07) is 12.4. The van der Waals surface area contributed by atoms with Gasteiger partial charge in [0, 0.05) is 19.6 Å². The van der Waals surface area contributed by atoms with E-state index in [0.29, 0.717) is 19.0 Å². The van der Waals surface area contributed by atoms with Crippen molar-refractivity contribution in [2.75, 3.05) is 32.8 Å². The van der Waals surface area contributed by atoms with Crippen molar-refractivity contribution in [3.63, 3.8) is 0 Å². The zero-order valence-corrected chi connectivity index (χ0v) is 12.8. The van der Waals surface area contributed by atoms with Gasteiger partial charge in [0.15, 0.2) is 0 Å². The van der Waals surface area contributed by atoms with Gasteiger partial charge < -0.3 is 9.47 Å². The summed E-state index contributed by atoms with van der Waals surface area (Å²) >= 11 is 0. The van der Waals surface area contributed by atoms with Gasteiger partial charge in [-0.05, 0) is 42.0 Å². The SMILES string of the molecule is Fc1ccc(OCCN2CCO[C@@H](c3ccc(F)cc3)C2)cc1. The molecule has 0 N–H and O–H groups in total. The fourth-order valence-corrected chi connectivity index (χ4v) is 2.61. The first-order valence-corrected chi connectivity index (χ1v) is 7.68. The molecule has 1 aliphatic heterocycles. The number of rotatable bonds is 5. The predicted octanol–water partition coefficient (Wildman–Crippen LogP) is 3.42. The molecule has 3 nitrogen and oxygen atoms in total. The first-order valence-electron chi connectivity index (χ1n) is 7.68. The molecule has 1 aliphatic rings. The molecule has 1 heterocycles. The molecule has 0 spiro atoms. The van der Waals surface area contributed by atoms with Gasteiger partial charge in [-0.2, -0.15) is 0 Å². The second kappa shape index (κ2) is 7.53. The molecule has 2 aromatic carbocycles. The highest BCUT2D eigenvalue weighted by Crippen LogP contribution is 2.22. The first kappa shape index (κ1) is 15.9. The number of hydrogen-bond acceptors (Lipinski definition) is 3. The fraction of sp³-hybridized carbons (Fsp3) is 0.333. The van der Waals surface area contributed by atoms with Crippen LogP contribution >= 0.6 is 0 Å². The summed E-state index contributed by atoms with van der Waals surface area (Å²) in [5.74, 6) is 0.150. The van der Waals surface area contributed by atoms with Crippen molar-refractivity contribution in [2.45, 2.75) is 6.10 Å². The summed E-state index contributed by atoms with van der Waals surface area (Å²) in [4.78, 5) is 2.25. The monoisotopic (exact) mass is 319 g/mol. The first-order chi connectivity index (χ1) is 11.2. The minimum atomic E-state index is -0.271. The number of morpholine rings is 1. The summed E-state index contributed by atoms with van der Waals surface area (Å²) in [5, 5.41) is 0. The minimum Gasteiger partial charge on any atom is -0.492 e. The molecule has 0 aromatic heterocycles. The summed E-state index contributed by atoms with van der Waals surface area (Å²) in [6.07, 6.45) is -0.0461. The average Bonchev–Trinajstić information content (AvgIpc) is 2.58. The van der Waals surface area contributed by atoms with Gasteiger partial charge in [0.1, 0.15) is 24.0 Å². The van der Waals surface area contributed by atoms with Crippen LogP contribution in [-0.4, -0.2) is 37.7 Å². The van der Waals surface area contributed by atoms with Gasteiger partial charge in [0.25, 0.3) is 0 Å². The number of halogens is 2. The highest BCUT2D eigenvalue weighted by Gasteiger charge is 2.21. The molecule has 1 saturated heterocycles. The Balaban J connectivity index is 1.48. The van der Waals surface area contributed by atoms with Crippen LogP contribution in [0.1, 0.15) is 11.7 Å². The molecule has 23 heavy (non-hydrogen) atoms. The van der Waals surface area contributed by atoms with Crippen LogP contribution in [0.2, 0.25) is 0 Å². The average molecular weight is 319 g/mol. The van der Waals surface area contributed by atoms with Crippen LogP contribution in [0.3, 0.4) is 0 Å². The number of benzene rings is 2. The Bertz CT molecular complexity index is 616. The quantitative estimate of drug-likeness (QED) is 0.843. The highest BCUT2D eigenvalue weighted by atomic mass is 19.1. The molecule has 0 bridgehead atoms. The molecule has 1 atom stereocenters. The third kappa shape index (κ3) is 4.50. The Morgan fingerprint density at radius 1 is 1.00 bits per heavy atom. The summed E-state index contributed by atoms with van der Waals surface area (Å²) in [7, 11) is 0. The Kier molecular flexibility index (Phi) is 5.20. The van der Waals surface area contributed by atoms with E-state index < -0.39 is 0 Å². The van der Waals surface area contributed by atoms with Crippen molar-refractivity contribution in [1.82, 2.24) is 4.90 Å². The van der Waals surface area contributed by atoms with Crippen LogP contribution in [0, 0.1) is 11.6 Å². The smallest absolute Gasteiger partial charge is 0.123 e. The minimum absolute atomic E-state index is 0.0461. The van der Waals surface area contributed by atoms with Crippen LogP contribution in [0.4, 0.5) is 8.78 Å². The molecule has 5 heteroatoms. The van der Waals surface area contributed by atoms with Gasteiger partial charge in [-0.15, -0.1) is 0 Å². The summed E-state index contributed by atoms with van der Waals surface area (Å²) < 4.78 is 37.2. The largest absolute Gasteiger partial charge is 0.492 e. The highest BCUT2D eigenvalue weighted by molar-refractivity contribution is 5.22. The van der Waals surface area contributed by atoms with Gasteiger partial charge in [-0.25, -0.2) is 8.78 Å². The standard InChI is InChI=1S/C18H19F2NO2/c19-15-3-1-14(2-4-15)18-13-21(10-12-23-18)9-11-22-17-7-5-16(20)6-8-17/h1-8,18H,9-13H2/t18-/m1/s1. The van der Waals surface area contributed by atoms with Crippen LogP contribution < -0.4 is 4.74 Å². The molecule has 0 amide bonds. The lowest BCUT2D eigenvalue weighted by atomic mass is 10.1. The zero-order valence-electron chi connectivity index (χ0n) is 12.8. The van der Waals surface area contributed by atoms with Crippen molar-refractivity contribution in [3.8, 4) is 5.75 Å². The Labute approximate surface area is 134 Å². The Hall–Kier alpha value is -1.98. The molecular weight excluding hydrogens is 300 g/mol. The van der Waals surface area contributed by atoms with Crippen molar-refractivity contribution in [3.05, 3.63) is 65.7 Å². The van der Waals surface area contributed by atoms with Gasteiger partial charge in [-0.3, -0.25) is 4.90 Å². The van der Waals surface area contributed by atoms with Gasteiger partial charge in [0.2, 0.25) is 0 Å². The third-order valence-corrected chi connectivity index (χ3v) is 3.88. The predicted molar refractivity (Wildman–Crippen MR) is 83.4 cm³/mol. The Morgan fingerprint density at radius 2 is 1.65 bits per heavy atom. The van der Waals surface area contributed by atoms with Crippen LogP contribution in [0.15, 0.2) is 48.5 Å². The maximum absolute atomic E-state index is 13.0. The normalized spacial score (nSPS) is 18.8. The van der Waals surface area contributed by atoms with Crippen LogP contribution in [0.25, 0.3) is 0 Å². The topological polar surface area (TPSA) is 21.7 Å². The van der Waals surface area contributed by atoms with Gasteiger partial charge >= 0.3 is 0 Å². The lowest BCUT2D eigenvalue weighted by Crippen LogP contribution is -2.40. The molecular formula is C18H19F2NO2. The molecule has 122 valence electrons. The maximum Gasteiger partial charge on any atom is 0.123 e. The van der Waals surface area contributed by atoms with Gasteiger partial charge in [-0.1, -0.05) is 12.1 Å². The van der Waals surface area contributed by atoms with E-state index in [-0.39, 0.29) is 17.7 Å². The molecule has 0 saturated carbocycles. The lowest BCUT2D eigenvalue weighted by molar-refractivity contribution is -0.0329. The van der Waals surface area contributed by atoms with E-state index in [1.54, 1.807) is 24.3 Å². The van der Waals surface area contributed by atoms with Crippen LogP contribution in [-0.2, 0) is 4.74 Å². The van der Waals surface area contributed by atoms with Gasteiger partial charge in [0.05, 0.1) is 12.7 Å². The number of ether oxygens (including phenoxy) is 2. The molecule has 1 fully saturated rings.